The molecule has 1 fully saturated rings. The van der Waals surface area contributed by atoms with E-state index >= 15 is 0 Å². The number of hydrogen-bond acceptors (Lipinski definition) is 6. The third-order valence-corrected chi connectivity index (χ3v) is 3.63. The molecule has 7 heteroatoms. The maximum absolute atomic E-state index is 10.7. The zero-order valence-electron chi connectivity index (χ0n) is 10.0. The van der Waals surface area contributed by atoms with Gasteiger partial charge in [-0.15, -0.1) is 0 Å². The van der Waals surface area contributed by atoms with E-state index in [-0.39, 0.29) is 5.69 Å². The zero-order valence-corrected chi connectivity index (χ0v) is 10.8. The molecule has 0 bridgehead atoms. The number of carboxylic acid groups (broad SMARTS) is 1. The third kappa shape index (κ3) is 3.85. The van der Waals surface area contributed by atoms with Crippen molar-refractivity contribution in [1.82, 2.24) is 14.9 Å². The van der Waals surface area contributed by atoms with E-state index in [1.807, 2.05) is 11.8 Å². The lowest BCUT2D eigenvalue weighted by atomic mass is 10.4. The maximum Gasteiger partial charge on any atom is 0.356 e. The fourth-order valence-electron chi connectivity index (χ4n) is 1.72. The molecule has 2 rings (SSSR count). The summed E-state index contributed by atoms with van der Waals surface area (Å²) in [6.07, 6.45) is 2.79. The third-order valence-electron chi connectivity index (χ3n) is 2.69. The number of aromatic nitrogens is 2. The Kier molecular flexibility index (Phi) is 4.77. The van der Waals surface area contributed by atoms with Crippen LogP contribution < -0.4 is 5.32 Å². The number of thioether (sulfide) groups is 1. The van der Waals surface area contributed by atoms with Crippen molar-refractivity contribution in [3.05, 3.63) is 18.1 Å². The Hall–Kier alpha value is -1.34. The maximum atomic E-state index is 10.7. The van der Waals surface area contributed by atoms with Crippen molar-refractivity contribution in [3.8, 4) is 0 Å². The fraction of sp³-hybridized carbons (Fsp3) is 0.545. The van der Waals surface area contributed by atoms with Crippen molar-refractivity contribution in [2.45, 2.75) is 0 Å². The Labute approximate surface area is 110 Å². The molecule has 0 atom stereocenters. The van der Waals surface area contributed by atoms with Gasteiger partial charge in [0.1, 0.15) is 5.82 Å². The highest BCUT2D eigenvalue weighted by molar-refractivity contribution is 7.99. The smallest absolute Gasteiger partial charge is 0.356 e. The summed E-state index contributed by atoms with van der Waals surface area (Å²) in [6, 6.07) is 0. The first-order valence-corrected chi connectivity index (χ1v) is 7.00. The van der Waals surface area contributed by atoms with Gasteiger partial charge in [0.25, 0.3) is 0 Å². The molecule has 1 aromatic heterocycles. The summed E-state index contributed by atoms with van der Waals surface area (Å²) in [7, 11) is 0. The van der Waals surface area contributed by atoms with E-state index in [2.05, 4.69) is 20.2 Å². The molecule has 0 amide bonds. The van der Waals surface area contributed by atoms with Crippen LogP contribution in [0, 0.1) is 0 Å². The molecule has 0 spiro atoms. The second kappa shape index (κ2) is 6.55. The van der Waals surface area contributed by atoms with Gasteiger partial charge < -0.3 is 10.4 Å². The van der Waals surface area contributed by atoms with Crippen LogP contribution in [0.2, 0.25) is 0 Å². The molecule has 1 aliphatic heterocycles. The number of carboxylic acids is 1. The zero-order chi connectivity index (χ0) is 12.8. The van der Waals surface area contributed by atoms with Gasteiger partial charge in [-0.25, -0.2) is 9.78 Å². The Morgan fingerprint density at radius 1 is 1.44 bits per heavy atom. The minimum atomic E-state index is -1.06. The molecule has 98 valence electrons. The number of aromatic carboxylic acids is 1. The molecule has 0 aliphatic carbocycles. The van der Waals surface area contributed by atoms with Crippen molar-refractivity contribution < 1.29 is 9.90 Å². The molecule has 0 radical (unpaired) electrons. The van der Waals surface area contributed by atoms with Crippen molar-refractivity contribution in [2.75, 3.05) is 43.0 Å². The number of carbonyl (C=O) groups is 1. The highest BCUT2D eigenvalue weighted by atomic mass is 32.2. The second-order valence-electron chi connectivity index (χ2n) is 3.98. The predicted molar refractivity (Wildman–Crippen MR) is 71.2 cm³/mol. The number of anilines is 1. The molecule has 2 N–H and O–H groups in total. The quantitative estimate of drug-likeness (QED) is 0.811. The van der Waals surface area contributed by atoms with Crippen molar-refractivity contribution in [3.63, 3.8) is 0 Å². The summed E-state index contributed by atoms with van der Waals surface area (Å²) in [5, 5.41) is 11.9. The first-order valence-electron chi connectivity index (χ1n) is 5.85. The molecular weight excluding hydrogens is 252 g/mol. The molecule has 0 saturated carbocycles. The average Bonchev–Trinajstić information content (AvgIpc) is 2.40. The second-order valence-corrected chi connectivity index (χ2v) is 5.20. The molecule has 0 aromatic carbocycles. The SMILES string of the molecule is O=C(O)c1cncc(NCCN2CCSCC2)n1. The van der Waals surface area contributed by atoms with Crippen LogP contribution in [-0.2, 0) is 0 Å². The van der Waals surface area contributed by atoms with Crippen LogP contribution in [0.4, 0.5) is 5.82 Å². The van der Waals surface area contributed by atoms with E-state index in [0.29, 0.717) is 5.82 Å². The minimum Gasteiger partial charge on any atom is -0.476 e. The van der Waals surface area contributed by atoms with Gasteiger partial charge in [-0.2, -0.15) is 11.8 Å². The van der Waals surface area contributed by atoms with Gasteiger partial charge in [0.2, 0.25) is 0 Å². The van der Waals surface area contributed by atoms with Gasteiger partial charge in [-0.05, 0) is 0 Å². The van der Waals surface area contributed by atoms with Crippen LogP contribution in [0.1, 0.15) is 10.5 Å². The van der Waals surface area contributed by atoms with E-state index in [1.54, 1.807) is 6.20 Å². The van der Waals surface area contributed by atoms with Crippen molar-refractivity contribution >= 4 is 23.5 Å². The van der Waals surface area contributed by atoms with Crippen molar-refractivity contribution in [2.24, 2.45) is 0 Å². The molecule has 6 nitrogen and oxygen atoms in total. The topological polar surface area (TPSA) is 78.3 Å². The highest BCUT2D eigenvalue weighted by Crippen LogP contribution is 2.08. The summed E-state index contributed by atoms with van der Waals surface area (Å²) in [6.45, 7) is 3.93. The molecule has 18 heavy (non-hydrogen) atoms. The Morgan fingerprint density at radius 2 is 2.22 bits per heavy atom. The lowest BCUT2D eigenvalue weighted by Gasteiger charge is -2.26. The number of hydrogen-bond donors (Lipinski definition) is 2. The molecule has 2 heterocycles. The van der Waals surface area contributed by atoms with Crippen LogP contribution in [0.25, 0.3) is 0 Å². The van der Waals surface area contributed by atoms with Crippen LogP contribution in [0.3, 0.4) is 0 Å². The van der Waals surface area contributed by atoms with Gasteiger partial charge in [0.15, 0.2) is 5.69 Å². The summed E-state index contributed by atoms with van der Waals surface area (Å²) < 4.78 is 0. The van der Waals surface area contributed by atoms with Crippen LogP contribution in [-0.4, -0.2) is 63.6 Å². The lowest BCUT2D eigenvalue weighted by molar-refractivity contribution is 0.0690. The van der Waals surface area contributed by atoms with Gasteiger partial charge in [-0.3, -0.25) is 9.88 Å². The predicted octanol–water partition coefficient (Wildman–Crippen LogP) is 0.635. The summed E-state index contributed by atoms with van der Waals surface area (Å²) in [4.78, 5) is 20.9. The van der Waals surface area contributed by atoms with E-state index in [0.717, 1.165) is 26.2 Å². The van der Waals surface area contributed by atoms with Crippen LogP contribution >= 0.6 is 11.8 Å². The minimum absolute atomic E-state index is 0.0330. The number of rotatable bonds is 5. The van der Waals surface area contributed by atoms with Gasteiger partial charge in [0.05, 0.1) is 12.4 Å². The van der Waals surface area contributed by atoms with E-state index in [4.69, 9.17) is 5.11 Å². The van der Waals surface area contributed by atoms with E-state index < -0.39 is 5.97 Å². The Balaban J connectivity index is 1.78. The summed E-state index contributed by atoms with van der Waals surface area (Å²) in [5.41, 5.74) is -0.0330. The molecule has 1 aromatic rings. The number of nitrogens with one attached hydrogen (secondary N) is 1. The fourth-order valence-corrected chi connectivity index (χ4v) is 2.70. The van der Waals surface area contributed by atoms with Gasteiger partial charge >= 0.3 is 5.97 Å². The largest absolute Gasteiger partial charge is 0.476 e. The summed E-state index contributed by atoms with van der Waals surface area (Å²) >= 11 is 1.98. The first kappa shape index (κ1) is 13.1. The Bertz CT molecular complexity index is 410. The average molecular weight is 268 g/mol. The molecule has 0 unspecified atom stereocenters. The van der Waals surface area contributed by atoms with Crippen molar-refractivity contribution in [1.29, 1.82) is 0 Å². The van der Waals surface area contributed by atoms with Gasteiger partial charge in [0, 0.05) is 37.7 Å². The standard InChI is InChI=1S/C11H16N4O2S/c16-11(17)9-7-12-8-10(14-9)13-1-2-15-3-5-18-6-4-15/h7-8H,1-6H2,(H,13,14)(H,16,17). The van der Waals surface area contributed by atoms with Crippen LogP contribution in [0.15, 0.2) is 12.4 Å². The Morgan fingerprint density at radius 3 is 2.94 bits per heavy atom. The van der Waals surface area contributed by atoms with E-state index in [1.165, 1.54) is 17.7 Å². The van der Waals surface area contributed by atoms with E-state index in [9.17, 15) is 4.79 Å². The molecule has 1 saturated heterocycles. The summed E-state index contributed by atoms with van der Waals surface area (Å²) in [5.74, 6) is 1.84. The normalized spacial score (nSPS) is 16.4. The van der Waals surface area contributed by atoms with Gasteiger partial charge in [-0.1, -0.05) is 0 Å². The number of nitrogens with zero attached hydrogens (tertiary/aromatic N) is 3. The molecule has 1 aliphatic rings. The van der Waals surface area contributed by atoms with Crippen LogP contribution in [0.5, 0.6) is 0 Å². The lowest BCUT2D eigenvalue weighted by Crippen LogP contribution is -2.36. The highest BCUT2D eigenvalue weighted by Gasteiger charge is 2.10. The first-order chi connectivity index (χ1) is 8.75. The monoisotopic (exact) mass is 268 g/mol. The molecular formula is C11H16N4O2S.